The van der Waals surface area contributed by atoms with Crippen molar-refractivity contribution in [2.24, 2.45) is 0 Å². The van der Waals surface area contributed by atoms with E-state index in [9.17, 15) is 4.79 Å². The Morgan fingerprint density at radius 3 is 2.75 bits per heavy atom. The lowest BCUT2D eigenvalue weighted by Gasteiger charge is -2.09. The van der Waals surface area contributed by atoms with Crippen LogP contribution in [0.25, 0.3) is 28.0 Å². The maximum absolute atomic E-state index is 11.3. The summed E-state index contributed by atoms with van der Waals surface area (Å²) >= 11 is 0. The van der Waals surface area contributed by atoms with Gasteiger partial charge >= 0.3 is 0 Å². The summed E-state index contributed by atoms with van der Waals surface area (Å²) in [6.45, 7) is 1.93. The quantitative estimate of drug-likeness (QED) is 0.542. The molecule has 4 aromatic rings. The number of carbonyl (C=O) groups is 1. The lowest BCUT2D eigenvalue weighted by Crippen LogP contribution is -2.03. The van der Waals surface area contributed by atoms with Gasteiger partial charge in [0.25, 0.3) is 0 Å². The van der Waals surface area contributed by atoms with Crippen LogP contribution in [0.1, 0.15) is 16.2 Å². The van der Waals surface area contributed by atoms with Crippen LogP contribution in [0.3, 0.4) is 0 Å². The fourth-order valence-corrected chi connectivity index (χ4v) is 2.79. The van der Waals surface area contributed by atoms with Crippen molar-refractivity contribution < 1.29 is 4.79 Å². The highest BCUT2D eigenvalue weighted by Crippen LogP contribution is 2.29. The smallest absolute Gasteiger partial charge is 0.170 e. The van der Waals surface area contributed by atoms with Crippen LogP contribution >= 0.6 is 0 Å². The van der Waals surface area contributed by atoms with Crippen molar-refractivity contribution in [3.63, 3.8) is 0 Å². The first-order valence-corrected chi connectivity index (χ1v) is 7.59. The number of aromatic nitrogens is 4. The number of para-hydroxylation sites is 1. The number of carbonyl (C=O) groups excluding carboxylic acids is 1. The van der Waals surface area contributed by atoms with Gasteiger partial charge in [0, 0.05) is 22.8 Å². The Morgan fingerprint density at radius 1 is 1.04 bits per heavy atom. The molecule has 5 heteroatoms. The molecule has 0 saturated carbocycles. The largest absolute Gasteiger partial charge is 0.296 e. The first kappa shape index (κ1) is 14.3. The van der Waals surface area contributed by atoms with Gasteiger partial charge in [-0.1, -0.05) is 24.3 Å². The van der Waals surface area contributed by atoms with E-state index in [2.05, 4.69) is 15.1 Å². The van der Waals surface area contributed by atoms with Crippen LogP contribution in [0, 0.1) is 6.92 Å². The highest BCUT2D eigenvalue weighted by atomic mass is 16.1. The van der Waals surface area contributed by atoms with E-state index in [1.807, 2.05) is 55.5 Å². The number of aryl methyl sites for hydroxylation is 1. The van der Waals surface area contributed by atoms with Crippen molar-refractivity contribution in [2.75, 3.05) is 0 Å². The molecule has 0 aliphatic heterocycles. The Kier molecular flexibility index (Phi) is 3.39. The maximum Gasteiger partial charge on any atom is 0.170 e. The summed E-state index contributed by atoms with van der Waals surface area (Å²) in [5.74, 6) is 0.680. The fraction of sp³-hybridized carbons (Fsp3) is 0.0526. The Morgan fingerprint density at radius 2 is 1.92 bits per heavy atom. The van der Waals surface area contributed by atoms with Gasteiger partial charge in [0.05, 0.1) is 11.2 Å². The molecule has 0 fully saturated rings. The van der Waals surface area contributed by atoms with E-state index in [4.69, 9.17) is 0 Å². The fourth-order valence-electron chi connectivity index (χ4n) is 2.79. The van der Waals surface area contributed by atoms with Gasteiger partial charge in [-0.15, -0.1) is 0 Å². The lowest BCUT2D eigenvalue weighted by molar-refractivity contribution is 0.111. The van der Waals surface area contributed by atoms with Crippen LogP contribution in [0.2, 0.25) is 0 Å². The molecule has 24 heavy (non-hydrogen) atoms. The normalized spacial score (nSPS) is 10.9. The third-order valence-electron chi connectivity index (χ3n) is 3.86. The van der Waals surface area contributed by atoms with E-state index < -0.39 is 0 Å². The van der Waals surface area contributed by atoms with Gasteiger partial charge in [-0.25, -0.2) is 9.67 Å². The van der Waals surface area contributed by atoms with Crippen LogP contribution in [0.15, 0.2) is 60.8 Å². The number of benzene rings is 1. The van der Waals surface area contributed by atoms with Crippen molar-refractivity contribution >= 4 is 17.2 Å². The van der Waals surface area contributed by atoms with Gasteiger partial charge in [-0.05, 0) is 37.3 Å². The predicted molar refractivity (Wildman–Crippen MR) is 92.2 cm³/mol. The molecule has 0 N–H and O–H groups in total. The number of rotatable bonds is 3. The molecule has 0 aliphatic rings. The topological polar surface area (TPSA) is 60.7 Å². The van der Waals surface area contributed by atoms with Crippen molar-refractivity contribution in [1.82, 2.24) is 19.7 Å². The Bertz CT molecular complexity index is 1050. The minimum Gasteiger partial charge on any atom is -0.296 e. The maximum atomic E-state index is 11.3. The third kappa shape index (κ3) is 2.36. The average Bonchev–Trinajstić information content (AvgIpc) is 3.05. The van der Waals surface area contributed by atoms with Crippen molar-refractivity contribution in [2.45, 2.75) is 6.92 Å². The van der Waals surface area contributed by atoms with Gasteiger partial charge in [0.1, 0.15) is 5.69 Å². The third-order valence-corrected chi connectivity index (χ3v) is 3.86. The standard InChI is InChI=1S/C19H14N4O/c1-13-5-4-8-19(21-13)23-18(11-14(12-24)22-23)16-9-10-20-17-7-3-2-6-15(16)17/h2-12H,1H3. The first-order valence-electron chi connectivity index (χ1n) is 7.59. The predicted octanol–water partition coefficient (Wildman–Crippen LogP) is 3.60. The van der Waals surface area contributed by atoms with Gasteiger partial charge in [-0.2, -0.15) is 5.10 Å². The van der Waals surface area contributed by atoms with E-state index in [1.54, 1.807) is 16.9 Å². The number of nitrogens with zero attached hydrogens (tertiary/aromatic N) is 4. The molecule has 0 spiro atoms. The molecule has 3 heterocycles. The molecule has 0 aliphatic carbocycles. The molecule has 1 aromatic carbocycles. The Balaban J connectivity index is 2.01. The molecular formula is C19H14N4O. The summed E-state index contributed by atoms with van der Waals surface area (Å²) in [5.41, 5.74) is 3.93. The summed E-state index contributed by atoms with van der Waals surface area (Å²) in [6.07, 6.45) is 2.51. The second-order valence-electron chi connectivity index (χ2n) is 5.50. The number of fused-ring (bicyclic) bond motifs is 1. The molecule has 0 amide bonds. The van der Waals surface area contributed by atoms with E-state index in [0.717, 1.165) is 34.1 Å². The molecular weight excluding hydrogens is 300 g/mol. The van der Waals surface area contributed by atoms with Gasteiger partial charge in [0.15, 0.2) is 12.1 Å². The lowest BCUT2D eigenvalue weighted by atomic mass is 10.1. The molecule has 5 nitrogen and oxygen atoms in total. The molecule has 0 bridgehead atoms. The molecule has 0 atom stereocenters. The second kappa shape index (κ2) is 5.70. The zero-order valence-corrected chi connectivity index (χ0v) is 13.0. The van der Waals surface area contributed by atoms with Crippen LogP contribution < -0.4 is 0 Å². The first-order chi connectivity index (χ1) is 11.8. The minimum atomic E-state index is 0.370. The van der Waals surface area contributed by atoms with Crippen molar-refractivity contribution in [3.8, 4) is 17.1 Å². The molecule has 3 aromatic heterocycles. The van der Waals surface area contributed by atoms with Gasteiger partial charge in [0.2, 0.25) is 0 Å². The molecule has 116 valence electrons. The number of hydrogen-bond acceptors (Lipinski definition) is 4. The number of hydrogen-bond donors (Lipinski definition) is 0. The summed E-state index contributed by atoms with van der Waals surface area (Å²) < 4.78 is 1.71. The van der Waals surface area contributed by atoms with Gasteiger partial charge < -0.3 is 0 Å². The zero-order chi connectivity index (χ0) is 16.5. The highest BCUT2D eigenvalue weighted by Gasteiger charge is 2.15. The monoisotopic (exact) mass is 314 g/mol. The molecule has 0 saturated heterocycles. The SMILES string of the molecule is Cc1cccc(-n2nc(C=O)cc2-c2ccnc3ccccc23)n1. The minimum absolute atomic E-state index is 0.370. The highest BCUT2D eigenvalue weighted by molar-refractivity contribution is 5.94. The van der Waals surface area contributed by atoms with E-state index in [1.165, 1.54) is 0 Å². The van der Waals surface area contributed by atoms with E-state index in [-0.39, 0.29) is 0 Å². The van der Waals surface area contributed by atoms with Crippen LogP contribution in [-0.4, -0.2) is 26.0 Å². The van der Waals surface area contributed by atoms with Crippen LogP contribution in [-0.2, 0) is 0 Å². The Hall–Kier alpha value is -3.34. The Labute approximate surface area is 138 Å². The summed E-state index contributed by atoms with van der Waals surface area (Å²) in [5, 5.41) is 5.39. The van der Waals surface area contributed by atoms with Crippen LogP contribution in [0.5, 0.6) is 0 Å². The number of aldehydes is 1. The second-order valence-corrected chi connectivity index (χ2v) is 5.50. The summed E-state index contributed by atoms with van der Waals surface area (Å²) in [4.78, 5) is 20.2. The summed E-state index contributed by atoms with van der Waals surface area (Å²) in [6, 6.07) is 17.3. The van der Waals surface area contributed by atoms with Gasteiger partial charge in [-0.3, -0.25) is 9.78 Å². The number of pyridine rings is 2. The van der Waals surface area contributed by atoms with Crippen molar-refractivity contribution in [3.05, 3.63) is 72.2 Å². The zero-order valence-electron chi connectivity index (χ0n) is 13.0. The van der Waals surface area contributed by atoms with E-state index >= 15 is 0 Å². The molecule has 0 radical (unpaired) electrons. The van der Waals surface area contributed by atoms with Crippen molar-refractivity contribution in [1.29, 1.82) is 0 Å². The van der Waals surface area contributed by atoms with E-state index in [0.29, 0.717) is 11.5 Å². The molecule has 4 rings (SSSR count). The molecule has 0 unspecified atom stereocenters. The van der Waals surface area contributed by atoms with Crippen LogP contribution in [0.4, 0.5) is 0 Å². The average molecular weight is 314 g/mol. The summed E-state index contributed by atoms with van der Waals surface area (Å²) in [7, 11) is 0.